The molecule has 0 spiro atoms. The van der Waals surface area contributed by atoms with Crippen molar-refractivity contribution in [1.82, 2.24) is 15.0 Å². The number of likely N-dealkylation sites (tertiary alicyclic amines) is 1. The van der Waals surface area contributed by atoms with E-state index in [1.165, 1.54) is 5.56 Å². The van der Waals surface area contributed by atoms with E-state index >= 15 is 0 Å². The first-order valence-corrected chi connectivity index (χ1v) is 9.56. The van der Waals surface area contributed by atoms with Gasteiger partial charge in [-0.1, -0.05) is 59.3 Å². The van der Waals surface area contributed by atoms with Gasteiger partial charge < -0.3 is 9.63 Å². The number of rotatable bonds is 6. The largest absolute Gasteiger partial charge is 0.392 e. The van der Waals surface area contributed by atoms with E-state index < -0.39 is 0 Å². The van der Waals surface area contributed by atoms with Crippen molar-refractivity contribution in [3.63, 3.8) is 0 Å². The zero-order chi connectivity index (χ0) is 18.6. The molecule has 0 saturated carbocycles. The Kier molecular flexibility index (Phi) is 5.32. The van der Waals surface area contributed by atoms with E-state index in [1.807, 2.05) is 31.2 Å². The molecule has 0 bridgehead atoms. The average molecular weight is 363 g/mol. The van der Waals surface area contributed by atoms with Crippen molar-refractivity contribution in [3.8, 4) is 11.4 Å². The van der Waals surface area contributed by atoms with E-state index in [4.69, 9.17) is 4.52 Å². The number of nitrogens with zero attached hydrogens (tertiary/aromatic N) is 3. The van der Waals surface area contributed by atoms with E-state index in [2.05, 4.69) is 45.4 Å². The van der Waals surface area contributed by atoms with Gasteiger partial charge in [0.1, 0.15) is 0 Å². The molecule has 4 rings (SSSR count). The molecule has 1 N–H and O–H groups in total. The highest BCUT2D eigenvalue weighted by atomic mass is 16.5. The Hall–Kier alpha value is -2.50. The Morgan fingerprint density at radius 3 is 2.81 bits per heavy atom. The van der Waals surface area contributed by atoms with Gasteiger partial charge in [0.15, 0.2) is 0 Å². The maximum Gasteiger partial charge on any atom is 0.244 e. The van der Waals surface area contributed by atoms with Crippen LogP contribution in [0.1, 0.15) is 35.9 Å². The van der Waals surface area contributed by atoms with Crippen LogP contribution in [0.3, 0.4) is 0 Å². The van der Waals surface area contributed by atoms with Gasteiger partial charge in [-0.15, -0.1) is 0 Å². The van der Waals surface area contributed by atoms with E-state index in [9.17, 15) is 5.11 Å². The van der Waals surface area contributed by atoms with E-state index in [0.29, 0.717) is 24.7 Å². The Balaban J connectivity index is 1.43. The molecule has 5 heteroatoms. The molecule has 27 heavy (non-hydrogen) atoms. The van der Waals surface area contributed by atoms with Crippen LogP contribution >= 0.6 is 0 Å². The minimum atomic E-state index is -0.346. The first-order chi connectivity index (χ1) is 13.2. The first kappa shape index (κ1) is 17.9. The fraction of sp³-hybridized carbons (Fsp3) is 0.364. The molecular weight excluding hydrogens is 338 g/mol. The molecule has 5 nitrogen and oxygen atoms in total. The molecule has 0 radical (unpaired) electrons. The van der Waals surface area contributed by atoms with Gasteiger partial charge in [0.25, 0.3) is 0 Å². The Bertz CT molecular complexity index is 878. The summed E-state index contributed by atoms with van der Waals surface area (Å²) in [6.45, 7) is 3.60. The number of β-amino-alcohol motifs (C(OH)–C–C–N with tert-alkyl or cyclic N) is 1. The number of hydrogen-bond acceptors (Lipinski definition) is 5. The molecule has 2 unspecified atom stereocenters. The van der Waals surface area contributed by atoms with Crippen LogP contribution in [0, 0.1) is 6.92 Å². The van der Waals surface area contributed by atoms with Gasteiger partial charge in [0, 0.05) is 12.1 Å². The zero-order valence-electron chi connectivity index (χ0n) is 15.6. The highest BCUT2D eigenvalue weighted by molar-refractivity contribution is 5.55. The zero-order valence-corrected chi connectivity index (χ0v) is 15.6. The lowest BCUT2D eigenvalue weighted by Gasteiger charge is -2.20. The maximum absolute atomic E-state index is 10.2. The quantitative estimate of drug-likeness (QED) is 0.722. The summed E-state index contributed by atoms with van der Waals surface area (Å²) in [4.78, 5) is 6.89. The summed E-state index contributed by atoms with van der Waals surface area (Å²) in [5.74, 6) is 1.21. The fourth-order valence-electron chi connectivity index (χ4n) is 3.79. The van der Waals surface area contributed by atoms with Crippen LogP contribution in [0.4, 0.5) is 0 Å². The Labute approximate surface area is 159 Å². The SMILES string of the molecule is Cc1cccc(-c2noc(C3CC(O)CN3CCCc3ccccc3)n2)c1. The standard InChI is InChI=1S/C22H25N3O2/c1-16-7-5-11-18(13-16)21-23-22(27-24-21)20-14-19(26)15-25(20)12-6-10-17-8-3-2-4-9-17/h2-5,7-9,11,13,19-20,26H,6,10,12,14-15H2,1H3. The van der Waals surface area contributed by atoms with Crippen molar-refractivity contribution in [2.24, 2.45) is 0 Å². The molecular formula is C22H25N3O2. The molecule has 0 aliphatic carbocycles. The summed E-state index contributed by atoms with van der Waals surface area (Å²) in [5, 5.41) is 14.3. The van der Waals surface area contributed by atoms with Crippen LogP contribution in [0.5, 0.6) is 0 Å². The summed E-state index contributed by atoms with van der Waals surface area (Å²) in [6, 6.07) is 18.6. The summed E-state index contributed by atoms with van der Waals surface area (Å²) in [7, 11) is 0. The monoisotopic (exact) mass is 363 g/mol. The van der Waals surface area contributed by atoms with Crippen molar-refractivity contribution in [3.05, 3.63) is 71.6 Å². The van der Waals surface area contributed by atoms with Gasteiger partial charge in [-0.25, -0.2) is 0 Å². The topological polar surface area (TPSA) is 62.4 Å². The third-order valence-electron chi connectivity index (χ3n) is 5.14. The van der Waals surface area contributed by atoms with E-state index in [1.54, 1.807) is 0 Å². The number of benzene rings is 2. The molecule has 1 saturated heterocycles. The van der Waals surface area contributed by atoms with E-state index in [0.717, 1.165) is 30.5 Å². The van der Waals surface area contributed by atoms with Crippen LogP contribution in [0.25, 0.3) is 11.4 Å². The minimum Gasteiger partial charge on any atom is -0.392 e. The van der Waals surface area contributed by atoms with Crippen molar-refractivity contribution in [2.45, 2.75) is 38.3 Å². The number of hydrogen-bond donors (Lipinski definition) is 1. The number of aliphatic hydroxyl groups excluding tert-OH is 1. The van der Waals surface area contributed by atoms with Crippen LogP contribution < -0.4 is 0 Å². The fourth-order valence-corrected chi connectivity index (χ4v) is 3.79. The number of aryl methyl sites for hydroxylation is 2. The first-order valence-electron chi connectivity index (χ1n) is 9.56. The molecule has 2 aromatic carbocycles. The molecule has 1 aromatic heterocycles. The van der Waals surface area contributed by atoms with Gasteiger partial charge in [-0.05, 0) is 44.4 Å². The third kappa shape index (κ3) is 4.26. The van der Waals surface area contributed by atoms with Crippen molar-refractivity contribution < 1.29 is 9.63 Å². The second kappa shape index (κ2) is 8.03. The van der Waals surface area contributed by atoms with Gasteiger partial charge in [0.05, 0.1) is 12.1 Å². The second-order valence-electron chi connectivity index (χ2n) is 7.32. The third-order valence-corrected chi connectivity index (χ3v) is 5.14. The van der Waals surface area contributed by atoms with Crippen LogP contribution in [-0.2, 0) is 6.42 Å². The maximum atomic E-state index is 10.2. The molecule has 3 aromatic rings. The lowest BCUT2D eigenvalue weighted by Crippen LogP contribution is -2.26. The summed E-state index contributed by atoms with van der Waals surface area (Å²) >= 11 is 0. The Morgan fingerprint density at radius 1 is 1.15 bits per heavy atom. The molecule has 1 aliphatic heterocycles. The number of aromatic nitrogens is 2. The molecule has 2 heterocycles. The van der Waals surface area contributed by atoms with Crippen LogP contribution in [0.2, 0.25) is 0 Å². The Morgan fingerprint density at radius 2 is 2.00 bits per heavy atom. The smallest absolute Gasteiger partial charge is 0.244 e. The van der Waals surface area contributed by atoms with Crippen LogP contribution in [0.15, 0.2) is 59.1 Å². The predicted molar refractivity (Wildman–Crippen MR) is 104 cm³/mol. The average Bonchev–Trinajstić information content (AvgIpc) is 3.29. The van der Waals surface area contributed by atoms with Gasteiger partial charge >= 0.3 is 0 Å². The van der Waals surface area contributed by atoms with Crippen molar-refractivity contribution in [1.29, 1.82) is 0 Å². The van der Waals surface area contributed by atoms with Gasteiger partial charge in [-0.3, -0.25) is 4.90 Å². The lowest BCUT2D eigenvalue weighted by atomic mass is 10.1. The summed E-state index contributed by atoms with van der Waals surface area (Å²) in [5.41, 5.74) is 3.46. The molecule has 1 aliphatic rings. The van der Waals surface area contributed by atoms with Gasteiger partial charge in [0.2, 0.25) is 11.7 Å². The highest BCUT2D eigenvalue weighted by Crippen LogP contribution is 2.32. The normalized spacial score (nSPS) is 20.2. The summed E-state index contributed by atoms with van der Waals surface area (Å²) in [6.07, 6.45) is 2.35. The number of aliphatic hydroxyl groups is 1. The second-order valence-corrected chi connectivity index (χ2v) is 7.32. The molecule has 2 atom stereocenters. The van der Waals surface area contributed by atoms with Gasteiger partial charge in [-0.2, -0.15) is 4.98 Å². The van der Waals surface area contributed by atoms with Crippen molar-refractivity contribution >= 4 is 0 Å². The molecule has 0 amide bonds. The minimum absolute atomic E-state index is 0.0122. The predicted octanol–water partition coefficient (Wildman–Crippen LogP) is 3.79. The van der Waals surface area contributed by atoms with Crippen molar-refractivity contribution in [2.75, 3.05) is 13.1 Å². The summed E-state index contributed by atoms with van der Waals surface area (Å²) < 4.78 is 5.57. The molecule has 140 valence electrons. The highest BCUT2D eigenvalue weighted by Gasteiger charge is 2.35. The lowest BCUT2D eigenvalue weighted by molar-refractivity contribution is 0.172. The van der Waals surface area contributed by atoms with Crippen LogP contribution in [-0.4, -0.2) is 39.3 Å². The van der Waals surface area contributed by atoms with E-state index in [-0.39, 0.29) is 12.1 Å². The molecule has 1 fully saturated rings.